The first kappa shape index (κ1) is 10.7. The van der Waals surface area contributed by atoms with Crippen molar-refractivity contribution in [2.45, 2.75) is 11.5 Å². The summed E-state index contributed by atoms with van der Waals surface area (Å²) in [5.74, 6) is 1.73. The lowest BCUT2D eigenvalue weighted by Gasteiger charge is -2.33. The van der Waals surface area contributed by atoms with Crippen LogP contribution in [-0.4, -0.2) is 62.3 Å². The molecule has 0 aromatic rings. The molecule has 2 saturated heterocycles. The maximum Gasteiger partial charge on any atom is 0.164 e. The summed E-state index contributed by atoms with van der Waals surface area (Å²) in [7, 11) is -2.94. The van der Waals surface area contributed by atoms with E-state index in [2.05, 4.69) is 0 Å². The Morgan fingerprint density at radius 1 is 1.57 bits per heavy atom. The number of rotatable bonds is 3. The molecule has 2 fully saturated rings. The van der Waals surface area contributed by atoms with E-state index in [1.54, 1.807) is 11.8 Å². The summed E-state index contributed by atoms with van der Waals surface area (Å²) < 4.78 is 28.1. The summed E-state index contributed by atoms with van der Waals surface area (Å²) in [5.41, 5.74) is 0. The molecule has 82 valence electrons. The van der Waals surface area contributed by atoms with E-state index in [1.807, 2.05) is 4.90 Å². The van der Waals surface area contributed by atoms with E-state index >= 15 is 0 Å². The number of epoxide rings is 1. The molecular weight excluding hydrogens is 222 g/mol. The lowest BCUT2D eigenvalue weighted by molar-refractivity contribution is 0.239. The number of thioether (sulfide) groups is 1. The zero-order valence-electron chi connectivity index (χ0n) is 8.18. The molecule has 1 unspecified atom stereocenters. The Balaban J connectivity index is 2.02. The van der Waals surface area contributed by atoms with Crippen molar-refractivity contribution in [3.63, 3.8) is 0 Å². The van der Waals surface area contributed by atoms with Crippen LogP contribution in [0, 0.1) is 0 Å². The Morgan fingerprint density at radius 3 is 2.86 bits per heavy atom. The van der Waals surface area contributed by atoms with E-state index in [0.717, 1.165) is 25.4 Å². The summed E-state index contributed by atoms with van der Waals surface area (Å²) in [6, 6.07) is 0. The van der Waals surface area contributed by atoms with Gasteiger partial charge in [-0.1, -0.05) is 0 Å². The minimum Gasteiger partial charge on any atom is -0.372 e. The third-order valence-corrected chi connectivity index (χ3v) is 5.21. The molecule has 0 radical (unpaired) electrons. The minimum atomic E-state index is -2.94. The molecule has 6 heteroatoms. The molecule has 14 heavy (non-hydrogen) atoms. The summed E-state index contributed by atoms with van der Waals surface area (Å²) in [5, 5.41) is -0.301. The van der Waals surface area contributed by atoms with Crippen LogP contribution in [0.3, 0.4) is 0 Å². The van der Waals surface area contributed by atoms with Gasteiger partial charge in [0.2, 0.25) is 0 Å². The third kappa shape index (κ3) is 2.62. The Labute approximate surface area is 88.9 Å². The second-order valence-corrected chi connectivity index (χ2v) is 7.16. The average Bonchev–Trinajstić information content (AvgIpc) is 2.87. The van der Waals surface area contributed by atoms with Crippen molar-refractivity contribution < 1.29 is 13.2 Å². The van der Waals surface area contributed by atoms with Gasteiger partial charge in [-0.15, -0.1) is 0 Å². The molecule has 2 aliphatic heterocycles. The predicted molar refractivity (Wildman–Crippen MR) is 57.3 cm³/mol. The molecule has 2 heterocycles. The van der Waals surface area contributed by atoms with Crippen molar-refractivity contribution in [1.82, 2.24) is 4.90 Å². The van der Waals surface area contributed by atoms with Gasteiger partial charge in [-0.3, -0.25) is 4.90 Å². The molecule has 0 amide bonds. The molecule has 4 nitrogen and oxygen atoms in total. The highest BCUT2D eigenvalue weighted by atomic mass is 32.2. The molecule has 0 spiro atoms. The van der Waals surface area contributed by atoms with Crippen LogP contribution >= 0.6 is 11.8 Å². The Bertz CT molecular complexity index is 300. The van der Waals surface area contributed by atoms with E-state index in [4.69, 9.17) is 4.74 Å². The third-order valence-electron chi connectivity index (χ3n) is 2.53. The van der Waals surface area contributed by atoms with Gasteiger partial charge in [-0.05, 0) is 0 Å². The number of hydrogen-bond donors (Lipinski definition) is 0. The second-order valence-electron chi connectivity index (χ2n) is 3.81. The standard InChI is InChI=1S/C8H15NO3S2/c1-14(10,11)8-6-13-3-2-9(8)4-7-5-12-7/h7-8H,2-6H2,1H3/t7-,8?/m1/s1. The van der Waals surface area contributed by atoms with E-state index in [-0.39, 0.29) is 11.5 Å². The molecule has 0 bridgehead atoms. The number of nitrogens with zero attached hydrogens (tertiary/aromatic N) is 1. The molecule has 0 aromatic heterocycles. The Hall–Kier alpha value is 0.220. The first-order valence-corrected chi connectivity index (χ1v) is 7.80. The van der Waals surface area contributed by atoms with E-state index in [9.17, 15) is 8.42 Å². The SMILES string of the molecule is CS(=O)(=O)C1CSCCN1C[C@@H]1CO1. The highest BCUT2D eigenvalue weighted by Gasteiger charge is 2.35. The molecule has 2 aliphatic rings. The van der Waals surface area contributed by atoms with Crippen molar-refractivity contribution in [3.8, 4) is 0 Å². The van der Waals surface area contributed by atoms with E-state index < -0.39 is 9.84 Å². The predicted octanol–water partition coefficient (Wildman–Crippen LogP) is -0.195. The van der Waals surface area contributed by atoms with Gasteiger partial charge in [0.25, 0.3) is 0 Å². The van der Waals surface area contributed by atoms with Crippen LogP contribution in [0.4, 0.5) is 0 Å². The van der Waals surface area contributed by atoms with Crippen LogP contribution in [0.15, 0.2) is 0 Å². The molecule has 2 atom stereocenters. The van der Waals surface area contributed by atoms with Crippen molar-refractivity contribution in [2.24, 2.45) is 0 Å². The topological polar surface area (TPSA) is 49.9 Å². The summed E-state index contributed by atoms with van der Waals surface area (Å²) in [6.07, 6.45) is 1.60. The van der Waals surface area contributed by atoms with Gasteiger partial charge in [0.15, 0.2) is 9.84 Å². The minimum absolute atomic E-state index is 0.280. The molecule has 2 rings (SSSR count). The maximum atomic E-state index is 11.5. The lowest BCUT2D eigenvalue weighted by atomic mass is 10.4. The second kappa shape index (κ2) is 4.00. The largest absolute Gasteiger partial charge is 0.372 e. The fraction of sp³-hybridized carbons (Fsp3) is 1.00. The van der Waals surface area contributed by atoms with Crippen molar-refractivity contribution in [2.75, 3.05) is 37.5 Å². The van der Waals surface area contributed by atoms with Gasteiger partial charge in [0.05, 0.1) is 12.7 Å². The monoisotopic (exact) mass is 237 g/mol. The fourth-order valence-electron chi connectivity index (χ4n) is 1.65. The summed E-state index contributed by atoms with van der Waals surface area (Å²) >= 11 is 1.72. The molecule has 0 aromatic carbocycles. The summed E-state index contributed by atoms with van der Waals surface area (Å²) in [6.45, 7) is 2.43. The zero-order chi connectivity index (χ0) is 10.2. The highest BCUT2D eigenvalue weighted by Crippen LogP contribution is 2.22. The number of ether oxygens (including phenoxy) is 1. The Kier molecular flexibility index (Phi) is 3.06. The first-order valence-electron chi connectivity index (χ1n) is 4.69. The molecule has 0 aliphatic carbocycles. The van der Waals surface area contributed by atoms with Crippen molar-refractivity contribution in [3.05, 3.63) is 0 Å². The molecule has 0 N–H and O–H groups in total. The Morgan fingerprint density at radius 2 is 2.29 bits per heavy atom. The van der Waals surface area contributed by atoms with Crippen LogP contribution in [0.1, 0.15) is 0 Å². The van der Waals surface area contributed by atoms with Crippen molar-refractivity contribution in [1.29, 1.82) is 0 Å². The zero-order valence-corrected chi connectivity index (χ0v) is 9.81. The van der Waals surface area contributed by atoms with Crippen LogP contribution in [0.5, 0.6) is 0 Å². The quantitative estimate of drug-likeness (QED) is 0.637. The smallest absolute Gasteiger partial charge is 0.164 e. The van der Waals surface area contributed by atoms with Gasteiger partial charge in [-0.2, -0.15) is 11.8 Å². The van der Waals surface area contributed by atoms with E-state index in [0.29, 0.717) is 5.75 Å². The van der Waals surface area contributed by atoms with Gasteiger partial charge in [0.1, 0.15) is 5.37 Å². The summed E-state index contributed by atoms with van der Waals surface area (Å²) in [4.78, 5) is 2.05. The van der Waals surface area contributed by atoms with Crippen LogP contribution in [0.25, 0.3) is 0 Å². The number of sulfone groups is 1. The van der Waals surface area contributed by atoms with Crippen molar-refractivity contribution >= 4 is 21.6 Å². The maximum absolute atomic E-state index is 11.5. The van der Waals surface area contributed by atoms with Gasteiger partial charge < -0.3 is 4.74 Å². The fourth-order valence-corrected chi connectivity index (χ4v) is 4.61. The van der Waals surface area contributed by atoms with Gasteiger partial charge in [-0.25, -0.2) is 8.42 Å². The molecule has 0 saturated carbocycles. The van der Waals surface area contributed by atoms with Crippen LogP contribution in [0.2, 0.25) is 0 Å². The highest BCUT2D eigenvalue weighted by molar-refractivity contribution is 8.00. The van der Waals surface area contributed by atoms with Crippen LogP contribution in [-0.2, 0) is 14.6 Å². The molecular formula is C8H15NO3S2. The first-order chi connectivity index (χ1) is 6.57. The van der Waals surface area contributed by atoms with Gasteiger partial charge >= 0.3 is 0 Å². The normalized spacial score (nSPS) is 34.4. The lowest BCUT2D eigenvalue weighted by Crippen LogP contribution is -2.48. The number of hydrogen-bond acceptors (Lipinski definition) is 5. The van der Waals surface area contributed by atoms with Gasteiger partial charge in [0, 0.05) is 30.9 Å². The van der Waals surface area contributed by atoms with E-state index in [1.165, 1.54) is 6.26 Å². The van der Waals surface area contributed by atoms with Crippen LogP contribution < -0.4 is 0 Å². The average molecular weight is 237 g/mol.